The van der Waals surface area contributed by atoms with Gasteiger partial charge in [-0.05, 0) is 24.3 Å². The van der Waals surface area contributed by atoms with E-state index in [0.29, 0.717) is 6.54 Å². The van der Waals surface area contributed by atoms with E-state index >= 15 is 0 Å². The number of fused-ring (bicyclic) bond motifs is 1. The van der Waals surface area contributed by atoms with Crippen LogP contribution in [0.1, 0.15) is 19.3 Å². The minimum Gasteiger partial charge on any atom is -0.329 e. The highest BCUT2D eigenvalue weighted by Crippen LogP contribution is 2.41. The molecule has 2 aromatic carbocycles. The number of nitrogens with one attached hydrogen (secondary N) is 1. The minimum absolute atomic E-state index is 0.0672. The number of anilines is 1. The molecule has 3 rings (SSSR count). The second kappa shape index (κ2) is 4.67. The van der Waals surface area contributed by atoms with Gasteiger partial charge in [-0.2, -0.15) is 0 Å². The Morgan fingerprint density at radius 2 is 1.89 bits per heavy atom. The summed E-state index contributed by atoms with van der Waals surface area (Å²) in [5.41, 5.74) is 6.32. The zero-order valence-corrected chi connectivity index (χ0v) is 10.9. The van der Waals surface area contributed by atoms with E-state index in [2.05, 4.69) is 5.32 Å². The maximum Gasteiger partial charge on any atom is 0.231 e. The van der Waals surface area contributed by atoms with Gasteiger partial charge < -0.3 is 11.1 Å². The monoisotopic (exact) mass is 254 g/mol. The van der Waals surface area contributed by atoms with E-state index in [0.717, 1.165) is 35.7 Å². The van der Waals surface area contributed by atoms with Gasteiger partial charge in [0.1, 0.15) is 0 Å². The van der Waals surface area contributed by atoms with Crippen molar-refractivity contribution in [2.45, 2.75) is 19.3 Å². The summed E-state index contributed by atoms with van der Waals surface area (Å²) in [5.74, 6) is 0.0672. The van der Waals surface area contributed by atoms with E-state index in [1.165, 1.54) is 0 Å². The second-order valence-corrected chi connectivity index (χ2v) is 5.32. The number of hydrogen-bond acceptors (Lipinski definition) is 2. The molecule has 1 saturated carbocycles. The number of carbonyl (C=O) groups is 1. The molecular formula is C16H18N2O. The van der Waals surface area contributed by atoms with Crippen molar-refractivity contribution in [3.8, 4) is 0 Å². The SMILES string of the molecule is NCC1(C(=O)Nc2cccc3ccccc23)CCC1. The van der Waals surface area contributed by atoms with Gasteiger partial charge in [0.15, 0.2) is 0 Å². The largest absolute Gasteiger partial charge is 0.329 e. The number of nitrogens with two attached hydrogens (primary N) is 1. The number of amides is 1. The van der Waals surface area contributed by atoms with Crippen molar-refractivity contribution in [2.24, 2.45) is 11.1 Å². The van der Waals surface area contributed by atoms with E-state index in [4.69, 9.17) is 5.73 Å². The summed E-state index contributed by atoms with van der Waals surface area (Å²) < 4.78 is 0. The normalized spacial score (nSPS) is 16.9. The fraction of sp³-hybridized carbons (Fsp3) is 0.312. The lowest BCUT2D eigenvalue weighted by Gasteiger charge is -2.39. The highest BCUT2D eigenvalue weighted by molar-refractivity contribution is 6.04. The first-order valence-corrected chi connectivity index (χ1v) is 6.74. The Labute approximate surface area is 112 Å². The van der Waals surface area contributed by atoms with Crippen LogP contribution in [0.5, 0.6) is 0 Å². The van der Waals surface area contributed by atoms with E-state index in [1.807, 2.05) is 42.5 Å². The molecule has 98 valence electrons. The van der Waals surface area contributed by atoms with Crippen LogP contribution in [0, 0.1) is 5.41 Å². The highest BCUT2D eigenvalue weighted by atomic mass is 16.2. The molecule has 0 heterocycles. The predicted molar refractivity (Wildman–Crippen MR) is 77.9 cm³/mol. The summed E-state index contributed by atoms with van der Waals surface area (Å²) in [6.45, 7) is 0.434. The van der Waals surface area contributed by atoms with Crippen LogP contribution in [-0.2, 0) is 4.79 Å². The maximum absolute atomic E-state index is 12.4. The second-order valence-electron chi connectivity index (χ2n) is 5.32. The molecule has 0 aromatic heterocycles. The summed E-state index contributed by atoms with van der Waals surface area (Å²) >= 11 is 0. The molecule has 0 spiro atoms. The number of benzene rings is 2. The topological polar surface area (TPSA) is 55.1 Å². The molecular weight excluding hydrogens is 236 g/mol. The Morgan fingerprint density at radius 1 is 1.16 bits per heavy atom. The van der Waals surface area contributed by atoms with Gasteiger partial charge in [-0.3, -0.25) is 4.79 Å². The van der Waals surface area contributed by atoms with Gasteiger partial charge in [-0.25, -0.2) is 0 Å². The third-order valence-corrected chi connectivity index (χ3v) is 4.22. The molecule has 0 unspecified atom stereocenters. The molecule has 0 aliphatic heterocycles. The Bertz CT molecular complexity index is 606. The summed E-state index contributed by atoms with van der Waals surface area (Å²) in [7, 11) is 0. The van der Waals surface area contributed by atoms with E-state index in [-0.39, 0.29) is 11.3 Å². The predicted octanol–water partition coefficient (Wildman–Crippen LogP) is 2.91. The third-order valence-electron chi connectivity index (χ3n) is 4.22. The smallest absolute Gasteiger partial charge is 0.231 e. The molecule has 0 bridgehead atoms. The molecule has 0 atom stereocenters. The van der Waals surface area contributed by atoms with Gasteiger partial charge >= 0.3 is 0 Å². The van der Waals surface area contributed by atoms with Crippen LogP contribution in [-0.4, -0.2) is 12.5 Å². The first kappa shape index (κ1) is 12.2. The van der Waals surface area contributed by atoms with Gasteiger partial charge in [-0.1, -0.05) is 42.8 Å². The molecule has 0 saturated heterocycles. The average Bonchev–Trinajstić information content (AvgIpc) is 2.38. The molecule has 3 heteroatoms. The molecule has 2 aromatic rings. The van der Waals surface area contributed by atoms with Crippen LogP contribution in [0.4, 0.5) is 5.69 Å². The van der Waals surface area contributed by atoms with E-state index in [1.54, 1.807) is 0 Å². The van der Waals surface area contributed by atoms with Crippen LogP contribution in [0.3, 0.4) is 0 Å². The van der Waals surface area contributed by atoms with Gasteiger partial charge in [0, 0.05) is 17.6 Å². The first-order chi connectivity index (χ1) is 9.25. The van der Waals surface area contributed by atoms with Crippen LogP contribution >= 0.6 is 0 Å². The van der Waals surface area contributed by atoms with Crippen molar-refractivity contribution in [2.75, 3.05) is 11.9 Å². The number of carbonyl (C=O) groups excluding carboxylic acids is 1. The lowest BCUT2D eigenvalue weighted by atomic mass is 9.68. The number of rotatable bonds is 3. The minimum atomic E-state index is -0.336. The third kappa shape index (κ3) is 2.00. The van der Waals surface area contributed by atoms with Crippen molar-refractivity contribution in [3.63, 3.8) is 0 Å². The Morgan fingerprint density at radius 3 is 2.58 bits per heavy atom. The van der Waals surface area contributed by atoms with Crippen LogP contribution < -0.4 is 11.1 Å². The van der Waals surface area contributed by atoms with Crippen LogP contribution in [0.2, 0.25) is 0 Å². The molecule has 0 radical (unpaired) electrons. The fourth-order valence-corrected chi connectivity index (χ4v) is 2.72. The maximum atomic E-state index is 12.4. The summed E-state index contributed by atoms with van der Waals surface area (Å²) in [6, 6.07) is 14.0. The molecule has 19 heavy (non-hydrogen) atoms. The summed E-state index contributed by atoms with van der Waals surface area (Å²) in [5, 5.41) is 5.27. The van der Waals surface area contributed by atoms with Crippen molar-refractivity contribution in [3.05, 3.63) is 42.5 Å². The zero-order valence-electron chi connectivity index (χ0n) is 10.9. The Kier molecular flexibility index (Phi) is 2.99. The molecule has 3 nitrogen and oxygen atoms in total. The standard InChI is InChI=1S/C16H18N2O/c17-11-16(9-4-10-16)15(19)18-14-8-3-6-12-5-1-2-7-13(12)14/h1-3,5-8H,4,9-11,17H2,(H,18,19). The van der Waals surface area contributed by atoms with Crippen molar-refractivity contribution in [1.29, 1.82) is 0 Å². The lowest BCUT2D eigenvalue weighted by molar-refractivity contribution is -0.129. The van der Waals surface area contributed by atoms with Crippen molar-refractivity contribution < 1.29 is 4.79 Å². The van der Waals surface area contributed by atoms with Gasteiger partial charge in [0.2, 0.25) is 5.91 Å². The first-order valence-electron chi connectivity index (χ1n) is 6.74. The zero-order chi connectivity index (χ0) is 13.3. The average molecular weight is 254 g/mol. The van der Waals surface area contributed by atoms with Crippen LogP contribution in [0.25, 0.3) is 10.8 Å². The Balaban J connectivity index is 1.91. The fourth-order valence-electron chi connectivity index (χ4n) is 2.72. The molecule has 1 aliphatic rings. The summed E-state index contributed by atoms with van der Waals surface area (Å²) in [4.78, 5) is 12.4. The van der Waals surface area contributed by atoms with Gasteiger partial charge in [0.25, 0.3) is 0 Å². The molecule has 1 amide bonds. The van der Waals surface area contributed by atoms with Crippen LogP contribution in [0.15, 0.2) is 42.5 Å². The van der Waals surface area contributed by atoms with Crippen molar-refractivity contribution >= 4 is 22.4 Å². The van der Waals surface area contributed by atoms with E-state index < -0.39 is 0 Å². The quantitative estimate of drug-likeness (QED) is 0.884. The van der Waals surface area contributed by atoms with Gasteiger partial charge in [0.05, 0.1) is 5.41 Å². The Hall–Kier alpha value is -1.87. The summed E-state index contributed by atoms with van der Waals surface area (Å²) in [6.07, 6.45) is 2.90. The lowest BCUT2D eigenvalue weighted by Crippen LogP contribution is -2.47. The number of hydrogen-bond donors (Lipinski definition) is 2. The molecule has 3 N–H and O–H groups in total. The van der Waals surface area contributed by atoms with Crippen molar-refractivity contribution in [1.82, 2.24) is 0 Å². The molecule has 1 aliphatic carbocycles. The van der Waals surface area contributed by atoms with E-state index in [9.17, 15) is 4.79 Å². The highest BCUT2D eigenvalue weighted by Gasteiger charge is 2.42. The van der Waals surface area contributed by atoms with Gasteiger partial charge in [-0.15, -0.1) is 0 Å². The molecule has 1 fully saturated rings.